The number of rotatable bonds is 9. The van der Waals surface area contributed by atoms with Crippen LogP contribution in [-0.2, 0) is 16.0 Å². The summed E-state index contributed by atoms with van der Waals surface area (Å²) >= 11 is 0. The highest BCUT2D eigenvalue weighted by Gasteiger charge is 2.13. The highest BCUT2D eigenvalue weighted by molar-refractivity contribution is 5.92. The Labute approximate surface area is 203 Å². The van der Waals surface area contributed by atoms with E-state index in [1.807, 2.05) is 43.3 Å². The Morgan fingerprint density at radius 2 is 1.86 bits per heavy atom. The van der Waals surface area contributed by atoms with Gasteiger partial charge in [0.05, 0.1) is 12.8 Å². The maximum atomic E-state index is 12.5. The number of para-hydroxylation sites is 1. The highest BCUT2D eigenvalue weighted by atomic mass is 16.4. The Kier molecular flexibility index (Phi) is 7.10. The summed E-state index contributed by atoms with van der Waals surface area (Å²) in [6.07, 6.45) is 1.77. The van der Waals surface area contributed by atoms with Crippen molar-refractivity contribution in [1.29, 1.82) is 0 Å². The summed E-state index contributed by atoms with van der Waals surface area (Å²) in [7, 11) is 0. The summed E-state index contributed by atoms with van der Waals surface area (Å²) in [5.41, 5.74) is 5.00. The van der Waals surface area contributed by atoms with Crippen molar-refractivity contribution in [3.8, 4) is 0 Å². The van der Waals surface area contributed by atoms with Crippen LogP contribution in [0.15, 0.2) is 65.2 Å². The van der Waals surface area contributed by atoms with Crippen LogP contribution in [0.1, 0.15) is 55.7 Å². The van der Waals surface area contributed by atoms with Gasteiger partial charge in [-0.2, -0.15) is 4.98 Å². The third kappa shape index (κ3) is 6.03. The number of carboxylic acids is 1. The number of hydrogen-bond donors (Lipinski definition) is 3. The SMILES string of the molecule is CC(C)c1ccccc1Nc1nc2ccc(CC(=O)Nc3ccc(C(C)CC(=O)O)cn3)cc2o1. The molecule has 1 unspecified atom stereocenters. The van der Waals surface area contributed by atoms with Crippen LogP contribution in [0.5, 0.6) is 0 Å². The second-order valence-electron chi connectivity index (χ2n) is 8.89. The molecule has 180 valence electrons. The Bertz CT molecular complexity index is 1350. The van der Waals surface area contributed by atoms with Gasteiger partial charge in [-0.1, -0.05) is 51.1 Å². The smallest absolute Gasteiger partial charge is 0.303 e. The number of oxazole rings is 1. The van der Waals surface area contributed by atoms with Crippen molar-refractivity contribution < 1.29 is 19.1 Å². The lowest BCUT2D eigenvalue weighted by Crippen LogP contribution is -2.15. The molecule has 2 heterocycles. The van der Waals surface area contributed by atoms with E-state index in [0.717, 1.165) is 16.8 Å². The van der Waals surface area contributed by atoms with Crippen molar-refractivity contribution in [1.82, 2.24) is 9.97 Å². The zero-order valence-corrected chi connectivity index (χ0v) is 19.9. The number of carbonyl (C=O) groups excluding carboxylic acids is 1. The van der Waals surface area contributed by atoms with Crippen molar-refractivity contribution in [3.05, 3.63) is 77.5 Å². The zero-order chi connectivity index (χ0) is 24.9. The molecular formula is C27H28N4O4. The number of pyridine rings is 1. The average Bonchev–Trinajstić information content (AvgIpc) is 3.20. The Hall–Kier alpha value is -4.20. The molecule has 3 N–H and O–H groups in total. The quantitative estimate of drug-likeness (QED) is 0.280. The Morgan fingerprint density at radius 1 is 1.06 bits per heavy atom. The first-order valence-electron chi connectivity index (χ1n) is 11.5. The van der Waals surface area contributed by atoms with E-state index < -0.39 is 5.97 Å². The van der Waals surface area contributed by atoms with Crippen LogP contribution in [0, 0.1) is 0 Å². The Balaban J connectivity index is 1.41. The van der Waals surface area contributed by atoms with Crippen LogP contribution in [0.4, 0.5) is 17.5 Å². The van der Waals surface area contributed by atoms with E-state index in [1.54, 1.807) is 18.3 Å². The normalized spacial score (nSPS) is 12.0. The standard InChI is InChI=1S/C27H28N4O4/c1-16(2)20-6-4-5-7-21(20)29-27-30-22-10-8-18(13-23(22)35-27)14-25(32)31-24-11-9-19(15-28-24)17(3)12-26(33)34/h4-11,13,15-17H,12,14H2,1-3H3,(H,29,30)(H,33,34)(H,28,31,32). The minimum absolute atomic E-state index is 0.0268. The highest BCUT2D eigenvalue weighted by Crippen LogP contribution is 2.28. The lowest BCUT2D eigenvalue weighted by Gasteiger charge is -2.11. The third-order valence-corrected chi connectivity index (χ3v) is 5.75. The number of hydrogen-bond acceptors (Lipinski definition) is 6. The van der Waals surface area contributed by atoms with Crippen molar-refractivity contribution in [3.63, 3.8) is 0 Å². The second kappa shape index (κ2) is 10.4. The minimum atomic E-state index is -0.859. The fraction of sp³-hybridized carbons (Fsp3) is 0.259. The number of aliphatic carboxylic acids is 1. The van der Waals surface area contributed by atoms with Gasteiger partial charge in [0.25, 0.3) is 6.01 Å². The zero-order valence-electron chi connectivity index (χ0n) is 19.9. The van der Waals surface area contributed by atoms with Crippen LogP contribution < -0.4 is 10.6 Å². The predicted octanol–water partition coefficient (Wildman–Crippen LogP) is 5.85. The molecule has 4 aromatic rings. The molecule has 1 amide bonds. The molecule has 8 nitrogen and oxygen atoms in total. The van der Waals surface area contributed by atoms with Gasteiger partial charge in [0, 0.05) is 11.9 Å². The van der Waals surface area contributed by atoms with Gasteiger partial charge in [0.1, 0.15) is 11.3 Å². The molecule has 4 rings (SSSR count). The van der Waals surface area contributed by atoms with Gasteiger partial charge in [-0.25, -0.2) is 4.98 Å². The van der Waals surface area contributed by atoms with Crippen LogP contribution in [0.2, 0.25) is 0 Å². The molecule has 0 saturated heterocycles. The summed E-state index contributed by atoms with van der Waals surface area (Å²) in [4.78, 5) is 32.2. The molecule has 0 spiro atoms. The maximum Gasteiger partial charge on any atom is 0.303 e. The van der Waals surface area contributed by atoms with Crippen LogP contribution >= 0.6 is 0 Å². The van der Waals surface area contributed by atoms with Crippen molar-refractivity contribution in [2.45, 2.75) is 45.4 Å². The molecule has 8 heteroatoms. The number of carbonyl (C=O) groups is 2. The van der Waals surface area contributed by atoms with Gasteiger partial charge in [-0.05, 0) is 52.8 Å². The molecule has 0 saturated carbocycles. The summed E-state index contributed by atoms with van der Waals surface area (Å²) in [5, 5.41) is 15.0. The molecule has 2 aromatic carbocycles. The van der Waals surface area contributed by atoms with E-state index in [1.165, 1.54) is 5.56 Å². The summed E-state index contributed by atoms with van der Waals surface area (Å²) < 4.78 is 5.90. The number of carboxylic acid groups (broad SMARTS) is 1. The monoisotopic (exact) mass is 472 g/mol. The van der Waals surface area contributed by atoms with E-state index in [-0.39, 0.29) is 24.7 Å². The van der Waals surface area contributed by atoms with Gasteiger partial charge in [-0.3, -0.25) is 9.59 Å². The van der Waals surface area contributed by atoms with E-state index in [9.17, 15) is 9.59 Å². The summed E-state index contributed by atoms with van der Waals surface area (Å²) in [5.74, 6) is -0.463. The predicted molar refractivity (Wildman–Crippen MR) is 135 cm³/mol. The topological polar surface area (TPSA) is 117 Å². The first-order chi connectivity index (χ1) is 16.8. The minimum Gasteiger partial charge on any atom is -0.481 e. The number of nitrogens with zero attached hydrogens (tertiary/aromatic N) is 2. The van der Waals surface area contributed by atoms with E-state index in [4.69, 9.17) is 9.52 Å². The van der Waals surface area contributed by atoms with Crippen LogP contribution in [-0.4, -0.2) is 27.0 Å². The molecule has 0 aliphatic heterocycles. The van der Waals surface area contributed by atoms with Gasteiger partial charge < -0.3 is 20.2 Å². The number of nitrogens with one attached hydrogen (secondary N) is 2. The van der Waals surface area contributed by atoms with E-state index in [2.05, 4.69) is 40.5 Å². The van der Waals surface area contributed by atoms with Crippen molar-refractivity contribution in [2.75, 3.05) is 10.6 Å². The third-order valence-electron chi connectivity index (χ3n) is 5.75. The summed E-state index contributed by atoms with van der Waals surface area (Å²) in [6.45, 7) is 6.09. The lowest BCUT2D eigenvalue weighted by molar-refractivity contribution is -0.137. The molecule has 2 aromatic heterocycles. The number of fused-ring (bicyclic) bond motifs is 1. The van der Waals surface area contributed by atoms with Crippen LogP contribution in [0.3, 0.4) is 0 Å². The van der Waals surface area contributed by atoms with Crippen molar-refractivity contribution in [2.24, 2.45) is 0 Å². The van der Waals surface area contributed by atoms with E-state index >= 15 is 0 Å². The van der Waals surface area contributed by atoms with Gasteiger partial charge in [-0.15, -0.1) is 0 Å². The molecule has 1 atom stereocenters. The Morgan fingerprint density at radius 3 is 2.57 bits per heavy atom. The first-order valence-corrected chi connectivity index (χ1v) is 11.5. The van der Waals surface area contributed by atoms with Crippen molar-refractivity contribution >= 4 is 40.5 Å². The molecule has 0 radical (unpaired) electrons. The van der Waals surface area contributed by atoms with Gasteiger partial charge >= 0.3 is 5.97 Å². The first kappa shape index (κ1) is 23.9. The average molecular weight is 473 g/mol. The number of aromatic nitrogens is 2. The fourth-order valence-corrected chi connectivity index (χ4v) is 3.88. The molecule has 0 bridgehead atoms. The summed E-state index contributed by atoms with van der Waals surface area (Å²) in [6, 6.07) is 17.4. The largest absolute Gasteiger partial charge is 0.481 e. The number of anilines is 3. The number of amides is 1. The van der Waals surface area contributed by atoms with Gasteiger partial charge in [0.2, 0.25) is 5.91 Å². The number of benzene rings is 2. The molecule has 0 aliphatic carbocycles. The molecule has 35 heavy (non-hydrogen) atoms. The fourth-order valence-electron chi connectivity index (χ4n) is 3.88. The second-order valence-corrected chi connectivity index (χ2v) is 8.89. The van der Waals surface area contributed by atoms with Gasteiger partial charge in [0.15, 0.2) is 5.58 Å². The molecule has 0 aliphatic rings. The van der Waals surface area contributed by atoms with Crippen LogP contribution in [0.25, 0.3) is 11.1 Å². The van der Waals surface area contributed by atoms with E-state index in [0.29, 0.717) is 28.9 Å². The maximum absolute atomic E-state index is 12.5. The lowest BCUT2D eigenvalue weighted by atomic mass is 10.00. The molecule has 0 fully saturated rings. The molecular weight excluding hydrogens is 444 g/mol.